The number of carbonyl (C=O) groups is 6. The molecule has 0 saturated carbocycles. The number of aliphatic hydroxyl groups excluding tert-OH is 1. The van der Waals surface area contributed by atoms with E-state index in [2.05, 4.69) is 10.6 Å². The normalized spacial score (nSPS) is 13.4. The molecule has 14 heteroatoms. The summed E-state index contributed by atoms with van der Waals surface area (Å²) in [5, 5.41) is 41.9. The number of nitrogens with one attached hydrogen (secondary N) is 3. The number of carboxylic acids is 3. The lowest BCUT2D eigenvalue weighted by molar-refractivity contribution is -0.143. The van der Waals surface area contributed by atoms with Gasteiger partial charge in [-0.15, -0.1) is 0 Å². The number of carboxylic acid groups (broad SMARTS) is 3. The van der Waals surface area contributed by atoms with Gasteiger partial charge in [0.2, 0.25) is 17.7 Å². The highest BCUT2D eigenvalue weighted by Gasteiger charge is 2.29. The van der Waals surface area contributed by atoms with E-state index < -0.39 is 86.2 Å². The highest BCUT2D eigenvalue weighted by Crippen LogP contribution is 2.02. The van der Waals surface area contributed by atoms with E-state index in [0.29, 0.717) is 0 Å². The lowest BCUT2D eigenvalue weighted by atomic mass is 10.1. The second kappa shape index (κ2) is 13.0. The van der Waals surface area contributed by atoms with Crippen LogP contribution in [-0.4, -0.2) is 87.3 Å². The molecule has 9 N–H and O–H groups in total. The fourth-order valence-electron chi connectivity index (χ4n) is 2.05. The first kappa shape index (κ1) is 25.7. The summed E-state index contributed by atoms with van der Waals surface area (Å²) in [4.78, 5) is 68.2. The fourth-order valence-corrected chi connectivity index (χ4v) is 2.05. The smallest absolute Gasteiger partial charge is 0.326 e. The molecule has 0 aromatic rings. The van der Waals surface area contributed by atoms with Gasteiger partial charge >= 0.3 is 17.9 Å². The van der Waals surface area contributed by atoms with Gasteiger partial charge in [0.05, 0.1) is 13.2 Å². The Morgan fingerprint density at radius 2 is 1.17 bits per heavy atom. The molecule has 0 aliphatic rings. The van der Waals surface area contributed by atoms with Gasteiger partial charge in [-0.25, -0.2) is 4.79 Å². The first-order valence-electron chi connectivity index (χ1n) is 8.39. The van der Waals surface area contributed by atoms with Gasteiger partial charge in [-0.3, -0.25) is 24.0 Å². The van der Waals surface area contributed by atoms with Crippen molar-refractivity contribution >= 4 is 35.6 Å². The second-order valence-corrected chi connectivity index (χ2v) is 5.83. The molecular weight excluding hydrogens is 396 g/mol. The van der Waals surface area contributed by atoms with Crippen LogP contribution < -0.4 is 21.7 Å². The number of hydrogen-bond acceptors (Lipinski definition) is 8. The highest BCUT2D eigenvalue weighted by molar-refractivity contribution is 5.93. The number of hydrogen-bond donors (Lipinski definition) is 8. The van der Waals surface area contributed by atoms with Gasteiger partial charge in [0.15, 0.2) is 0 Å². The van der Waals surface area contributed by atoms with Crippen LogP contribution in [0.1, 0.15) is 25.7 Å². The Balaban J connectivity index is 5.10. The van der Waals surface area contributed by atoms with Crippen molar-refractivity contribution in [3.8, 4) is 0 Å². The summed E-state index contributed by atoms with van der Waals surface area (Å²) < 4.78 is 0. The zero-order chi connectivity index (χ0) is 22.6. The van der Waals surface area contributed by atoms with E-state index in [1.807, 2.05) is 5.32 Å². The van der Waals surface area contributed by atoms with E-state index in [0.717, 1.165) is 0 Å². The molecule has 0 bridgehead atoms. The van der Waals surface area contributed by atoms with E-state index in [-0.39, 0.29) is 6.42 Å². The van der Waals surface area contributed by atoms with Crippen molar-refractivity contribution in [2.45, 2.75) is 43.8 Å². The third-order valence-electron chi connectivity index (χ3n) is 3.56. The predicted octanol–water partition coefficient (Wildman–Crippen LogP) is -3.79. The maximum atomic E-state index is 12.3. The molecule has 0 aliphatic heterocycles. The zero-order valence-corrected chi connectivity index (χ0v) is 15.3. The minimum Gasteiger partial charge on any atom is -0.481 e. The molecule has 3 amide bonds. The Hall–Kier alpha value is -3.26. The Kier molecular flexibility index (Phi) is 11.5. The van der Waals surface area contributed by atoms with Crippen molar-refractivity contribution in [3.05, 3.63) is 0 Å². The monoisotopic (exact) mass is 420 g/mol. The molecule has 0 fully saturated rings. The largest absolute Gasteiger partial charge is 0.481 e. The topological polar surface area (TPSA) is 245 Å². The fraction of sp³-hybridized carbons (Fsp3) is 0.600. The van der Waals surface area contributed by atoms with Crippen LogP contribution in [-0.2, 0) is 28.8 Å². The van der Waals surface area contributed by atoms with E-state index in [1.54, 1.807) is 0 Å². The molecule has 0 aliphatic carbocycles. The van der Waals surface area contributed by atoms with Gasteiger partial charge in [-0.2, -0.15) is 0 Å². The van der Waals surface area contributed by atoms with Crippen LogP contribution in [0.15, 0.2) is 0 Å². The van der Waals surface area contributed by atoms with Gasteiger partial charge in [0, 0.05) is 12.8 Å². The molecule has 0 spiro atoms. The van der Waals surface area contributed by atoms with Crippen molar-refractivity contribution in [2.75, 3.05) is 13.2 Å². The highest BCUT2D eigenvalue weighted by atomic mass is 16.4. The molecule has 29 heavy (non-hydrogen) atoms. The Morgan fingerprint density at radius 3 is 1.59 bits per heavy atom. The summed E-state index contributed by atoms with van der Waals surface area (Å²) in [6.07, 6.45) is -1.80. The average Bonchev–Trinajstić information content (AvgIpc) is 2.64. The minimum absolute atomic E-state index is 0.330. The molecule has 14 nitrogen and oxygen atoms in total. The van der Waals surface area contributed by atoms with Crippen LogP contribution in [0.2, 0.25) is 0 Å². The van der Waals surface area contributed by atoms with Crippen molar-refractivity contribution in [1.82, 2.24) is 16.0 Å². The summed E-state index contributed by atoms with van der Waals surface area (Å²) in [5.41, 5.74) is 5.12. The summed E-state index contributed by atoms with van der Waals surface area (Å²) >= 11 is 0. The molecular formula is C15H24N4O10. The molecule has 3 atom stereocenters. The standard InChI is InChI=1S/C15H24N4O10/c16-5-10(21)17-7(1-3-11(22)23)13(26)19-9(6-20)14(27)18-8(15(28)29)2-4-12(24)25/h7-9,20H,1-6,16H2,(H,17,21)(H,18,27)(H,19,26)(H,22,23)(H,24,25)(H,28,29)/t7-,8-,9-/m0/s1. The molecule has 0 aromatic heterocycles. The van der Waals surface area contributed by atoms with E-state index >= 15 is 0 Å². The average molecular weight is 420 g/mol. The Labute approximate surface area is 164 Å². The molecule has 0 unspecified atom stereocenters. The Morgan fingerprint density at radius 1 is 0.724 bits per heavy atom. The number of nitrogens with two attached hydrogens (primary N) is 1. The lowest BCUT2D eigenvalue weighted by Gasteiger charge is -2.23. The molecule has 0 heterocycles. The van der Waals surface area contributed by atoms with Gasteiger partial charge in [-0.1, -0.05) is 0 Å². The predicted molar refractivity (Wildman–Crippen MR) is 93.3 cm³/mol. The van der Waals surface area contributed by atoms with Gasteiger partial charge in [-0.05, 0) is 12.8 Å². The number of carbonyl (C=O) groups excluding carboxylic acids is 3. The summed E-state index contributed by atoms with van der Waals surface area (Å²) in [6.45, 7) is -1.43. The third kappa shape index (κ3) is 10.6. The molecule has 0 rings (SSSR count). The molecule has 0 aromatic carbocycles. The van der Waals surface area contributed by atoms with Crippen molar-refractivity contribution in [1.29, 1.82) is 0 Å². The van der Waals surface area contributed by atoms with E-state index in [9.17, 15) is 33.9 Å². The number of aliphatic carboxylic acids is 3. The minimum atomic E-state index is -1.63. The second-order valence-electron chi connectivity index (χ2n) is 5.83. The first-order valence-corrected chi connectivity index (χ1v) is 8.39. The van der Waals surface area contributed by atoms with Crippen molar-refractivity contribution in [3.63, 3.8) is 0 Å². The van der Waals surface area contributed by atoms with Crippen LogP contribution in [0, 0.1) is 0 Å². The van der Waals surface area contributed by atoms with Crippen LogP contribution >= 0.6 is 0 Å². The lowest BCUT2D eigenvalue weighted by Crippen LogP contribution is -2.57. The first-order chi connectivity index (χ1) is 13.5. The van der Waals surface area contributed by atoms with E-state index in [4.69, 9.17) is 21.1 Å². The van der Waals surface area contributed by atoms with Gasteiger partial charge < -0.3 is 42.1 Å². The molecule has 0 radical (unpaired) electrons. The number of rotatable bonds is 14. The van der Waals surface area contributed by atoms with Gasteiger partial charge in [0.25, 0.3) is 0 Å². The summed E-state index contributed by atoms with van der Waals surface area (Å²) in [5.74, 6) is -6.92. The van der Waals surface area contributed by atoms with Crippen LogP contribution in [0.5, 0.6) is 0 Å². The quantitative estimate of drug-likeness (QED) is 0.135. The third-order valence-corrected chi connectivity index (χ3v) is 3.56. The van der Waals surface area contributed by atoms with Crippen LogP contribution in [0.4, 0.5) is 0 Å². The summed E-state index contributed by atoms with van der Waals surface area (Å²) in [7, 11) is 0. The molecule has 164 valence electrons. The van der Waals surface area contributed by atoms with Crippen LogP contribution in [0.3, 0.4) is 0 Å². The number of aliphatic hydroxyl groups is 1. The maximum absolute atomic E-state index is 12.3. The van der Waals surface area contributed by atoms with Crippen molar-refractivity contribution < 1.29 is 49.2 Å². The van der Waals surface area contributed by atoms with E-state index in [1.165, 1.54) is 0 Å². The molecule has 0 saturated heterocycles. The van der Waals surface area contributed by atoms with Crippen molar-refractivity contribution in [2.24, 2.45) is 5.73 Å². The zero-order valence-electron chi connectivity index (χ0n) is 15.3. The Bertz CT molecular complexity index is 639. The summed E-state index contributed by atoms with van der Waals surface area (Å²) in [6, 6.07) is -4.58. The van der Waals surface area contributed by atoms with Gasteiger partial charge in [0.1, 0.15) is 18.1 Å². The maximum Gasteiger partial charge on any atom is 0.326 e. The SMILES string of the molecule is NCC(=O)N[C@@H](CCC(=O)O)C(=O)N[C@@H](CO)C(=O)N[C@@H](CCC(=O)O)C(=O)O. The van der Waals surface area contributed by atoms with Crippen LogP contribution in [0.25, 0.3) is 0 Å². The number of amides is 3.